The Morgan fingerprint density at radius 1 is 1.30 bits per heavy atom. The van der Waals surface area contributed by atoms with E-state index in [1.807, 2.05) is 24.3 Å². The van der Waals surface area contributed by atoms with Gasteiger partial charge in [-0.2, -0.15) is 0 Å². The van der Waals surface area contributed by atoms with Crippen LogP contribution in [-0.4, -0.2) is 35.3 Å². The number of para-hydroxylation sites is 1. The summed E-state index contributed by atoms with van der Waals surface area (Å²) in [6.07, 6.45) is 4.78. The van der Waals surface area contributed by atoms with Gasteiger partial charge < -0.3 is 9.64 Å². The molecule has 1 aliphatic heterocycles. The van der Waals surface area contributed by atoms with E-state index >= 15 is 0 Å². The summed E-state index contributed by atoms with van der Waals surface area (Å²) in [4.78, 5) is 15.0. The van der Waals surface area contributed by atoms with Crippen LogP contribution in [0.5, 0.6) is 5.75 Å². The molecule has 1 fully saturated rings. The largest absolute Gasteiger partial charge is 0.492 e. The molecule has 1 amide bonds. The summed E-state index contributed by atoms with van der Waals surface area (Å²) in [5.74, 6) is 0.989. The van der Waals surface area contributed by atoms with Crippen LogP contribution in [0.25, 0.3) is 0 Å². The second kappa shape index (κ2) is 6.17. The van der Waals surface area contributed by atoms with Gasteiger partial charge in [0.05, 0.1) is 0 Å². The molecule has 0 radical (unpaired) electrons. The van der Waals surface area contributed by atoms with Crippen LogP contribution in [-0.2, 0) is 4.79 Å². The lowest BCUT2D eigenvalue weighted by molar-refractivity contribution is -0.135. The van der Waals surface area contributed by atoms with Gasteiger partial charge in [0.15, 0.2) is 0 Å². The summed E-state index contributed by atoms with van der Waals surface area (Å²) < 4.78 is 5.66. The maximum Gasteiger partial charge on any atom is 0.234 e. The smallest absolute Gasteiger partial charge is 0.234 e. The fourth-order valence-electron chi connectivity index (χ4n) is 3.35. The van der Waals surface area contributed by atoms with Gasteiger partial charge in [0, 0.05) is 23.5 Å². The van der Waals surface area contributed by atoms with E-state index in [4.69, 9.17) is 4.74 Å². The second-order valence-corrected chi connectivity index (χ2v) is 6.35. The molecular formula is C16H20BrNO2. The number of fused-ring (bicyclic) bond motifs is 1. The van der Waals surface area contributed by atoms with Crippen molar-refractivity contribution < 1.29 is 9.53 Å². The number of alkyl halides is 1. The summed E-state index contributed by atoms with van der Waals surface area (Å²) in [5, 5.41) is 0.838. The molecule has 1 atom stereocenters. The van der Waals surface area contributed by atoms with Gasteiger partial charge in [0.2, 0.25) is 5.91 Å². The van der Waals surface area contributed by atoms with E-state index in [-0.39, 0.29) is 11.8 Å². The average molecular weight is 338 g/mol. The Morgan fingerprint density at radius 2 is 2.05 bits per heavy atom. The quantitative estimate of drug-likeness (QED) is 0.788. The topological polar surface area (TPSA) is 29.5 Å². The number of hydrogen-bond donors (Lipinski definition) is 0. The van der Waals surface area contributed by atoms with Gasteiger partial charge in [-0.25, -0.2) is 0 Å². The molecule has 3 nitrogen and oxygen atoms in total. The molecule has 4 heteroatoms. The van der Waals surface area contributed by atoms with E-state index in [0.717, 1.165) is 36.0 Å². The standard InChI is InChI=1S/C16H20BrNO2/c17-9-10-18(12-5-1-2-6-12)16(19)14-11-20-15-8-4-3-7-13(14)15/h3-4,7-8,12,14H,1-2,5-6,9-11H2. The van der Waals surface area contributed by atoms with E-state index < -0.39 is 0 Å². The van der Waals surface area contributed by atoms with Gasteiger partial charge in [0.1, 0.15) is 18.3 Å². The van der Waals surface area contributed by atoms with Crippen molar-refractivity contribution in [3.63, 3.8) is 0 Å². The van der Waals surface area contributed by atoms with Crippen LogP contribution in [0.3, 0.4) is 0 Å². The van der Waals surface area contributed by atoms with Crippen LogP contribution in [0, 0.1) is 0 Å². The zero-order valence-corrected chi connectivity index (χ0v) is 13.1. The normalized spacial score (nSPS) is 21.6. The van der Waals surface area contributed by atoms with Crippen LogP contribution in [0.2, 0.25) is 0 Å². The van der Waals surface area contributed by atoms with Crippen LogP contribution in [0.4, 0.5) is 0 Å². The Labute approximate surface area is 128 Å². The predicted molar refractivity (Wildman–Crippen MR) is 82.4 cm³/mol. The number of hydrogen-bond acceptors (Lipinski definition) is 2. The number of rotatable bonds is 4. The molecule has 0 spiro atoms. The minimum absolute atomic E-state index is 0.120. The number of ether oxygens (including phenoxy) is 1. The fourth-order valence-corrected chi connectivity index (χ4v) is 3.73. The van der Waals surface area contributed by atoms with Crippen molar-refractivity contribution >= 4 is 21.8 Å². The highest BCUT2D eigenvalue weighted by Crippen LogP contribution is 2.36. The van der Waals surface area contributed by atoms with Crippen molar-refractivity contribution in [1.29, 1.82) is 0 Å². The summed E-state index contributed by atoms with van der Waals surface area (Å²) in [6, 6.07) is 8.34. The summed E-state index contributed by atoms with van der Waals surface area (Å²) in [7, 11) is 0. The third-order valence-corrected chi connectivity index (χ3v) is 4.73. The van der Waals surface area contributed by atoms with Crippen molar-refractivity contribution in [3.8, 4) is 5.75 Å². The molecule has 1 saturated carbocycles. The molecule has 0 saturated heterocycles. The van der Waals surface area contributed by atoms with E-state index in [1.54, 1.807) is 0 Å². The zero-order valence-electron chi connectivity index (χ0n) is 11.6. The van der Waals surface area contributed by atoms with Crippen LogP contribution in [0.15, 0.2) is 24.3 Å². The predicted octanol–water partition coefficient (Wildman–Crippen LogP) is 3.33. The monoisotopic (exact) mass is 337 g/mol. The first-order chi connectivity index (χ1) is 9.81. The maximum absolute atomic E-state index is 12.9. The van der Waals surface area contributed by atoms with E-state index in [0.29, 0.717) is 12.6 Å². The highest BCUT2D eigenvalue weighted by Gasteiger charge is 2.36. The summed E-state index contributed by atoms with van der Waals surface area (Å²) in [6.45, 7) is 1.28. The SMILES string of the molecule is O=C(C1COc2ccccc21)N(CCBr)C1CCCC1. The Hall–Kier alpha value is -1.03. The van der Waals surface area contributed by atoms with Gasteiger partial charge >= 0.3 is 0 Å². The number of nitrogens with zero attached hydrogens (tertiary/aromatic N) is 1. The van der Waals surface area contributed by atoms with E-state index in [1.165, 1.54) is 12.8 Å². The molecule has 20 heavy (non-hydrogen) atoms. The first-order valence-corrected chi connectivity index (χ1v) is 8.51. The number of amides is 1. The maximum atomic E-state index is 12.9. The van der Waals surface area contributed by atoms with Gasteiger partial charge in [-0.1, -0.05) is 47.0 Å². The molecule has 3 rings (SSSR count). The number of benzene rings is 1. The molecule has 1 aromatic carbocycles. The van der Waals surface area contributed by atoms with Crippen LogP contribution in [0.1, 0.15) is 37.2 Å². The fraction of sp³-hybridized carbons (Fsp3) is 0.562. The van der Waals surface area contributed by atoms with Gasteiger partial charge in [0.25, 0.3) is 0 Å². The van der Waals surface area contributed by atoms with Crippen LogP contribution < -0.4 is 4.74 Å². The highest BCUT2D eigenvalue weighted by molar-refractivity contribution is 9.09. The lowest BCUT2D eigenvalue weighted by Crippen LogP contribution is -2.43. The Bertz CT molecular complexity index is 485. The van der Waals surface area contributed by atoms with Gasteiger partial charge in [-0.3, -0.25) is 4.79 Å². The van der Waals surface area contributed by atoms with Crippen molar-refractivity contribution in [2.75, 3.05) is 18.5 Å². The number of halogens is 1. The minimum atomic E-state index is -0.120. The van der Waals surface area contributed by atoms with Crippen molar-refractivity contribution in [2.45, 2.75) is 37.6 Å². The number of carbonyl (C=O) groups is 1. The Kier molecular flexibility index (Phi) is 4.29. The Morgan fingerprint density at radius 3 is 2.80 bits per heavy atom. The van der Waals surface area contributed by atoms with E-state index in [2.05, 4.69) is 20.8 Å². The van der Waals surface area contributed by atoms with Crippen molar-refractivity contribution in [1.82, 2.24) is 4.90 Å². The Balaban J connectivity index is 1.80. The van der Waals surface area contributed by atoms with E-state index in [9.17, 15) is 4.79 Å². The van der Waals surface area contributed by atoms with Crippen molar-refractivity contribution in [2.24, 2.45) is 0 Å². The first kappa shape index (κ1) is 13.9. The molecule has 1 aliphatic carbocycles. The van der Waals surface area contributed by atoms with Gasteiger partial charge in [-0.15, -0.1) is 0 Å². The first-order valence-electron chi connectivity index (χ1n) is 7.39. The van der Waals surface area contributed by atoms with Crippen LogP contribution >= 0.6 is 15.9 Å². The third-order valence-electron chi connectivity index (χ3n) is 4.37. The molecule has 1 aromatic rings. The number of carbonyl (C=O) groups excluding carboxylic acids is 1. The molecule has 0 bridgehead atoms. The molecule has 0 N–H and O–H groups in total. The highest BCUT2D eigenvalue weighted by atomic mass is 79.9. The summed E-state index contributed by atoms with van der Waals surface area (Å²) in [5.41, 5.74) is 1.05. The lowest BCUT2D eigenvalue weighted by Gasteiger charge is -2.30. The molecule has 1 heterocycles. The molecule has 0 aromatic heterocycles. The average Bonchev–Trinajstić information content (AvgIpc) is 3.13. The lowest BCUT2D eigenvalue weighted by atomic mass is 9.99. The summed E-state index contributed by atoms with van der Waals surface area (Å²) >= 11 is 3.48. The third kappa shape index (κ3) is 2.58. The minimum Gasteiger partial charge on any atom is -0.492 e. The van der Waals surface area contributed by atoms with Gasteiger partial charge in [-0.05, 0) is 18.9 Å². The van der Waals surface area contributed by atoms with Crippen molar-refractivity contribution in [3.05, 3.63) is 29.8 Å². The zero-order chi connectivity index (χ0) is 13.9. The molecule has 2 aliphatic rings. The molecular weight excluding hydrogens is 318 g/mol. The molecule has 108 valence electrons. The molecule has 1 unspecified atom stereocenters. The second-order valence-electron chi connectivity index (χ2n) is 5.56.